The van der Waals surface area contributed by atoms with E-state index < -0.39 is 0 Å². The van der Waals surface area contributed by atoms with Crippen LogP contribution in [0.1, 0.15) is 12.6 Å². The average Bonchev–Trinajstić information content (AvgIpc) is 2.15. The number of benzene rings is 1. The Kier molecular flexibility index (Phi) is 2.97. The molecule has 0 radical (unpaired) electrons. The highest BCUT2D eigenvalue weighted by atomic mass is 35.5. The third-order valence-corrected chi connectivity index (χ3v) is 2.62. The molecule has 1 heterocycles. The summed E-state index contributed by atoms with van der Waals surface area (Å²) >= 11 is 6.04. The van der Waals surface area contributed by atoms with Gasteiger partial charge in [0.1, 0.15) is 5.82 Å². The normalized spacial score (nSPS) is 10.8. The molecule has 0 aliphatic carbocycles. The first kappa shape index (κ1) is 11.1. The monoisotopic (exact) mass is 238 g/mol. The van der Waals surface area contributed by atoms with Gasteiger partial charge in [0.15, 0.2) is 0 Å². The summed E-state index contributed by atoms with van der Waals surface area (Å²) in [6.07, 6.45) is 0. The first-order valence-electron chi connectivity index (χ1n) is 5.12. The van der Waals surface area contributed by atoms with Gasteiger partial charge in [-0.3, -0.25) is 4.98 Å². The van der Waals surface area contributed by atoms with Crippen LogP contribution in [-0.4, -0.2) is 11.5 Å². The number of nitrogens with one attached hydrogen (secondary N) is 1. The summed E-state index contributed by atoms with van der Waals surface area (Å²) in [6.45, 7) is 4.66. The largest absolute Gasteiger partial charge is 0.385 e. The molecular formula is C12H12ClFN2. The van der Waals surface area contributed by atoms with Crippen molar-refractivity contribution >= 4 is 28.2 Å². The molecule has 2 rings (SSSR count). The Balaban J connectivity index is 2.78. The lowest BCUT2D eigenvalue weighted by molar-refractivity contribution is 0.629. The van der Waals surface area contributed by atoms with Gasteiger partial charge in [0.25, 0.3) is 0 Å². The zero-order chi connectivity index (χ0) is 11.7. The van der Waals surface area contributed by atoms with E-state index in [4.69, 9.17) is 11.6 Å². The SMILES string of the molecule is CCNc1cc(C)nc2cc(F)cc(Cl)c12. The van der Waals surface area contributed by atoms with Gasteiger partial charge in [-0.1, -0.05) is 11.6 Å². The molecule has 0 aliphatic rings. The summed E-state index contributed by atoms with van der Waals surface area (Å²) in [5, 5.41) is 4.37. The van der Waals surface area contributed by atoms with Crippen molar-refractivity contribution in [3.05, 3.63) is 34.7 Å². The van der Waals surface area contributed by atoms with Gasteiger partial charge in [-0.25, -0.2) is 4.39 Å². The van der Waals surface area contributed by atoms with Crippen LogP contribution in [0.3, 0.4) is 0 Å². The lowest BCUT2D eigenvalue weighted by atomic mass is 10.1. The van der Waals surface area contributed by atoms with Crippen LogP contribution in [0.25, 0.3) is 10.9 Å². The number of aromatic nitrogens is 1. The van der Waals surface area contributed by atoms with E-state index in [9.17, 15) is 4.39 Å². The first-order chi connectivity index (χ1) is 7.61. The predicted octanol–water partition coefficient (Wildman–Crippen LogP) is 3.77. The summed E-state index contributed by atoms with van der Waals surface area (Å²) in [5.41, 5.74) is 2.32. The van der Waals surface area contributed by atoms with Crippen molar-refractivity contribution in [1.82, 2.24) is 4.98 Å². The van der Waals surface area contributed by atoms with Gasteiger partial charge in [-0.05, 0) is 26.0 Å². The van der Waals surface area contributed by atoms with Gasteiger partial charge in [0.05, 0.1) is 10.5 Å². The number of nitrogens with zero attached hydrogens (tertiary/aromatic N) is 1. The Morgan fingerprint density at radius 1 is 1.38 bits per heavy atom. The van der Waals surface area contributed by atoms with Crippen LogP contribution < -0.4 is 5.32 Å². The fourth-order valence-corrected chi connectivity index (χ4v) is 2.05. The highest BCUT2D eigenvalue weighted by Gasteiger charge is 2.09. The van der Waals surface area contributed by atoms with Crippen LogP contribution >= 0.6 is 11.6 Å². The Morgan fingerprint density at radius 3 is 2.81 bits per heavy atom. The van der Waals surface area contributed by atoms with Crippen molar-refractivity contribution in [2.75, 3.05) is 11.9 Å². The first-order valence-corrected chi connectivity index (χ1v) is 5.50. The number of halogens is 2. The molecular weight excluding hydrogens is 227 g/mol. The minimum absolute atomic E-state index is 0.363. The number of fused-ring (bicyclic) bond motifs is 1. The highest BCUT2D eigenvalue weighted by Crippen LogP contribution is 2.30. The molecule has 0 bridgehead atoms. The molecule has 0 spiro atoms. The van der Waals surface area contributed by atoms with E-state index in [-0.39, 0.29) is 5.82 Å². The molecule has 1 aromatic heterocycles. The lowest BCUT2D eigenvalue weighted by Crippen LogP contribution is -1.99. The third-order valence-electron chi connectivity index (χ3n) is 2.32. The zero-order valence-electron chi connectivity index (χ0n) is 9.14. The van der Waals surface area contributed by atoms with Gasteiger partial charge >= 0.3 is 0 Å². The minimum Gasteiger partial charge on any atom is -0.385 e. The number of hydrogen-bond donors (Lipinski definition) is 1. The lowest BCUT2D eigenvalue weighted by Gasteiger charge is -2.10. The van der Waals surface area contributed by atoms with Crippen LogP contribution in [-0.2, 0) is 0 Å². The molecule has 0 aliphatic heterocycles. The predicted molar refractivity (Wildman–Crippen MR) is 65.6 cm³/mol. The van der Waals surface area contributed by atoms with Crippen LogP contribution in [0.5, 0.6) is 0 Å². The van der Waals surface area contributed by atoms with E-state index in [1.54, 1.807) is 0 Å². The van der Waals surface area contributed by atoms with Gasteiger partial charge in [0.2, 0.25) is 0 Å². The number of hydrogen-bond acceptors (Lipinski definition) is 2. The maximum Gasteiger partial charge on any atom is 0.126 e. The Hall–Kier alpha value is -1.35. The second kappa shape index (κ2) is 4.26. The quantitative estimate of drug-likeness (QED) is 0.862. The van der Waals surface area contributed by atoms with Crippen molar-refractivity contribution in [1.29, 1.82) is 0 Å². The Morgan fingerprint density at radius 2 is 2.12 bits per heavy atom. The molecule has 1 aromatic carbocycles. The Labute approximate surface area is 98.4 Å². The molecule has 0 atom stereocenters. The van der Waals surface area contributed by atoms with E-state index in [0.29, 0.717) is 10.5 Å². The van der Waals surface area contributed by atoms with E-state index in [0.717, 1.165) is 23.3 Å². The van der Waals surface area contributed by atoms with Crippen LogP contribution in [0.15, 0.2) is 18.2 Å². The molecule has 4 heteroatoms. The van der Waals surface area contributed by atoms with Crippen molar-refractivity contribution in [2.45, 2.75) is 13.8 Å². The van der Waals surface area contributed by atoms with E-state index in [2.05, 4.69) is 10.3 Å². The van der Waals surface area contributed by atoms with E-state index in [1.165, 1.54) is 12.1 Å². The van der Waals surface area contributed by atoms with Gasteiger partial charge in [-0.2, -0.15) is 0 Å². The molecule has 0 fully saturated rings. The average molecular weight is 239 g/mol. The van der Waals surface area contributed by atoms with Crippen LogP contribution in [0.2, 0.25) is 5.02 Å². The molecule has 2 nitrogen and oxygen atoms in total. The second-order valence-corrected chi connectivity index (χ2v) is 4.03. The number of anilines is 1. The Bertz CT molecular complexity index is 535. The van der Waals surface area contributed by atoms with Crippen molar-refractivity contribution in [3.8, 4) is 0 Å². The minimum atomic E-state index is -0.363. The number of aryl methyl sites for hydroxylation is 1. The van der Waals surface area contributed by atoms with Gasteiger partial charge < -0.3 is 5.32 Å². The molecule has 2 aromatic rings. The van der Waals surface area contributed by atoms with Crippen LogP contribution in [0.4, 0.5) is 10.1 Å². The molecule has 0 saturated carbocycles. The summed E-state index contributed by atoms with van der Waals surface area (Å²) in [7, 11) is 0. The third kappa shape index (κ3) is 1.95. The summed E-state index contributed by atoms with van der Waals surface area (Å²) in [5.74, 6) is -0.363. The molecule has 0 unspecified atom stereocenters. The smallest absolute Gasteiger partial charge is 0.126 e. The summed E-state index contributed by atoms with van der Waals surface area (Å²) in [6, 6.07) is 4.62. The summed E-state index contributed by atoms with van der Waals surface area (Å²) < 4.78 is 13.2. The maximum atomic E-state index is 13.2. The fourth-order valence-electron chi connectivity index (χ4n) is 1.75. The maximum absolute atomic E-state index is 13.2. The van der Waals surface area contributed by atoms with Crippen LogP contribution in [0, 0.1) is 12.7 Å². The molecule has 1 N–H and O–H groups in total. The number of pyridine rings is 1. The fraction of sp³-hybridized carbons (Fsp3) is 0.250. The van der Waals surface area contributed by atoms with E-state index >= 15 is 0 Å². The highest BCUT2D eigenvalue weighted by molar-refractivity contribution is 6.36. The summed E-state index contributed by atoms with van der Waals surface area (Å²) in [4.78, 5) is 4.28. The van der Waals surface area contributed by atoms with Crippen molar-refractivity contribution in [3.63, 3.8) is 0 Å². The van der Waals surface area contributed by atoms with Gasteiger partial charge in [-0.15, -0.1) is 0 Å². The molecule has 16 heavy (non-hydrogen) atoms. The topological polar surface area (TPSA) is 24.9 Å². The van der Waals surface area contributed by atoms with Crippen molar-refractivity contribution < 1.29 is 4.39 Å². The second-order valence-electron chi connectivity index (χ2n) is 3.62. The van der Waals surface area contributed by atoms with Gasteiger partial charge in [0, 0.05) is 29.4 Å². The van der Waals surface area contributed by atoms with Crippen molar-refractivity contribution in [2.24, 2.45) is 0 Å². The molecule has 0 amide bonds. The number of rotatable bonds is 2. The molecule has 0 saturated heterocycles. The standard InChI is InChI=1S/C12H12ClFN2/c1-3-15-10-4-7(2)16-11-6-8(14)5-9(13)12(10)11/h4-6H,3H2,1-2H3,(H,15,16). The zero-order valence-corrected chi connectivity index (χ0v) is 9.90. The van der Waals surface area contributed by atoms with E-state index in [1.807, 2.05) is 19.9 Å². The molecule has 84 valence electrons.